The zero-order chi connectivity index (χ0) is 18.7. The summed E-state index contributed by atoms with van der Waals surface area (Å²) >= 11 is 0. The molecule has 0 aliphatic carbocycles. The van der Waals surface area contributed by atoms with Gasteiger partial charge >= 0.3 is 5.97 Å². The lowest BCUT2D eigenvalue weighted by Crippen LogP contribution is -2.30. The van der Waals surface area contributed by atoms with Crippen LogP contribution in [-0.2, 0) is 9.53 Å². The minimum Gasteiger partial charge on any atom is -0.448 e. The lowest BCUT2D eigenvalue weighted by atomic mass is 10.1. The molecule has 0 bridgehead atoms. The molecule has 1 aromatic carbocycles. The maximum Gasteiger partial charge on any atom is 0.355 e. The number of anilines is 1. The minimum absolute atomic E-state index is 0.129. The molecule has 0 unspecified atom stereocenters. The quantitative estimate of drug-likeness (QED) is 0.644. The van der Waals surface area contributed by atoms with E-state index in [0.717, 1.165) is 5.56 Å². The van der Waals surface area contributed by atoms with Crippen molar-refractivity contribution in [2.45, 2.75) is 40.7 Å². The van der Waals surface area contributed by atoms with Gasteiger partial charge in [0.1, 0.15) is 5.69 Å². The molecule has 25 heavy (non-hydrogen) atoms. The zero-order valence-corrected chi connectivity index (χ0v) is 15.0. The van der Waals surface area contributed by atoms with Gasteiger partial charge in [-0.1, -0.05) is 12.1 Å². The molecular formula is C19H22N2O4. The Morgan fingerprint density at radius 1 is 1.16 bits per heavy atom. The molecular weight excluding hydrogens is 320 g/mol. The largest absolute Gasteiger partial charge is 0.448 e. The summed E-state index contributed by atoms with van der Waals surface area (Å²) in [5, 5.41) is 2.71. The van der Waals surface area contributed by atoms with Crippen LogP contribution in [0.1, 0.15) is 51.5 Å². The number of esters is 1. The zero-order valence-electron chi connectivity index (χ0n) is 15.0. The number of carbonyl (C=O) groups is 3. The minimum atomic E-state index is -0.975. The van der Waals surface area contributed by atoms with Crippen molar-refractivity contribution in [3.05, 3.63) is 52.3 Å². The molecule has 1 heterocycles. The van der Waals surface area contributed by atoms with E-state index in [2.05, 4.69) is 10.3 Å². The fourth-order valence-electron chi connectivity index (χ4n) is 2.72. The molecule has 1 aromatic heterocycles. The number of amides is 1. The van der Waals surface area contributed by atoms with Crippen molar-refractivity contribution in [3.8, 4) is 0 Å². The molecule has 2 rings (SSSR count). The Balaban J connectivity index is 2.08. The van der Waals surface area contributed by atoms with E-state index in [1.807, 2.05) is 25.1 Å². The lowest BCUT2D eigenvalue weighted by molar-refractivity contribution is -0.123. The van der Waals surface area contributed by atoms with Crippen LogP contribution in [0.3, 0.4) is 0 Å². The molecule has 0 saturated carbocycles. The highest BCUT2D eigenvalue weighted by Crippen LogP contribution is 2.20. The first-order valence-corrected chi connectivity index (χ1v) is 7.99. The smallest absolute Gasteiger partial charge is 0.355 e. The molecule has 0 radical (unpaired) electrons. The average Bonchev–Trinajstić information content (AvgIpc) is 2.82. The van der Waals surface area contributed by atoms with Gasteiger partial charge in [-0.05, 0) is 57.9 Å². The number of hydrogen-bond donors (Lipinski definition) is 2. The van der Waals surface area contributed by atoms with Crippen LogP contribution in [0.2, 0.25) is 0 Å². The van der Waals surface area contributed by atoms with Gasteiger partial charge in [-0.2, -0.15) is 0 Å². The van der Waals surface area contributed by atoms with Crippen LogP contribution in [0.5, 0.6) is 0 Å². The predicted molar refractivity (Wildman–Crippen MR) is 95.0 cm³/mol. The van der Waals surface area contributed by atoms with Crippen molar-refractivity contribution in [1.29, 1.82) is 0 Å². The Bertz CT molecular complexity index is 836. The third kappa shape index (κ3) is 4.15. The van der Waals surface area contributed by atoms with Crippen molar-refractivity contribution in [2.24, 2.45) is 0 Å². The molecule has 0 aliphatic rings. The van der Waals surface area contributed by atoms with E-state index in [4.69, 9.17) is 4.74 Å². The van der Waals surface area contributed by atoms with Crippen LogP contribution in [0.15, 0.2) is 24.3 Å². The van der Waals surface area contributed by atoms with Crippen LogP contribution in [-0.4, -0.2) is 28.7 Å². The number of aromatic amines is 1. The van der Waals surface area contributed by atoms with Gasteiger partial charge in [-0.3, -0.25) is 9.59 Å². The number of carbonyl (C=O) groups excluding carboxylic acids is 3. The molecule has 6 nitrogen and oxygen atoms in total. The molecule has 0 aliphatic heterocycles. The van der Waals surface area contributed by atoms with Crippen LogP contribution in [0.4, 0.5) is 5.69 Å². The van der Waals surface area contributed by atoms with Gasteiger partial charge in [-0.15, -0.1) is 0 Å². The van der Waals surface area contributed by atoms with Crippen LogP contribution < -0.4 is 5.32 Å². The molecule has 1 amide bonds. The first-order valence-electron chi connectivity index (χ1n) is 7.99. The fourth-order valence-corrected chi connectivity index (χ4v) is 2.72. The van der Waals surface area contributed by atoms with Gasteiger partial charge in [0.25, 0.3) is 5.91 Å². The van der Waals surface area contributed by atoms with Crippen molar-refractivity contribution in [1.82, 2.24) is 4.98 Å². The first-order chi connectivity index (χ1) is 11.7. The summed E-state index contributed by atoms with van der Waals surface area (Å²) in [6.07, 6.45) is -0.975. The molecule has 2 aromatic rings. The lowest BCUT2D eigenvalue weighted by Gasteiger charge is -2.13. The molecule has 2 N–H and O–H groups in total. The Kier molecular flexibility index (Phi) is 5.41. The second-order valence-corrected chi connectivity index (χ2v) is 6.09. The maximum atomic E-state index is 12.3. The van der Waals surface area contributed by atoms with Crippen LogP contribution in [0, 0.1) is 20.8 Å². The highest BCUT2D eigenvalue weighted by molar-refractivity contribution is 6.02. The number of hydrogen-bond acceptors (Lipinski definition) is 4. The van der Waals surface area contributed by atoms with Gasteiger partial charge in [0, 0.05) is 16.9 Å². The number of ketones is 1. The number of nitrogens with one attached hydrogen (secondary N) is 2. The van der Waals surface area contributed by atoms with E-state index < -0.39 is 18.0 Å². The number of H-pyrrole nitrogens is 1. The summed E-state index contributed by atoms with van der Waals surface area (Å²) in [6.45, 7) is 8.25. The van der Waals surface area contributed by atoms with Gasteiger partial charge in [-0.25, -0.2) is 4.79 Å². The number of rotatable bonds is 5. The topological polar surface area (TPSA) is 88.3 Å². The summed E-state index contributed by atoms with van der Waals surface area (Å²) < 4.78 is 5.24. The van der Waals surface area contributed by atoms with E-state index in [9.17, 15) is 14.4 Å². The normalized spacial score (nSPS) is 11.7. The Hall–Kier alpha value is -2.89. The molecule has 0 saturated heterocycles. The molecule has 1 atom stereocenters. The Morgan fingerprint density at radius 2 is 1.84 bits per heavy atom. The van der Waals surface area contributed by atoms with Gasteiger partial charge in [0.2, 0.25) is 0 Å². The molecule has 0 spiro atoms. The standard InChI is InChI=1S/C19H22N2O4/c1-10-7-6-8-15(9-10)21-18(23)14(5)25-19(24)17-11(2)16(13(4)22)12(3)20-17/h6-9,14,20H,1-5H3,(H,21,23)/t14-/m0/s1. The highest BCUT2D eigenvalue weighted by Gasteiger charge is 2.24. The van der Waals surface area contributed by atoms with E-state index in [0.29, 0.717) is 22.5 Å². The summed E-state index contributed by atoms with van der Waals surface area (Å²) in [7, 11) is 0. The molecule has 0 fully saturated rings. The number of aromatic nitrogens is 1. The van der Waals surface area contributed by atoms with Crippen molar-refractivity contribution < 1.29 is 19.1 Å². The third-order valence-corrected chi connectivity index (χ3v) is 3.93. The maximum absolute atomic E-state index is 12.3. The summed E-state index contributed by atoms with van der Waals surface area (Å²) in [4.78, 5) is 39.0. The number of ether oxygens (including phenoxy) is 1. The highest BCUT2D eigenvalue weighted by atomic mass is 16.5. The number of Topliss-reactive ketones (excluding diaryl/α,β-unsaturated/α-hetero) is 1. The second-order valence-electron chi connectivity index (χ2n) is 6.09. The van der Waals surface area contributed by atoms with E-state index in [1.54, 1.807) is 19.9 Å². The van der Waals surface area contributed by atoms with Gasteiger partial charge in [0.05, 0.1) is 0 Å². The van der Waals surface area contributed by atoms with Gasteiger partial charge < -0.3 is 15.0 Å². The first kappa shape index (κ1) is 18.4. The monoisotopic (exact) mass is 342 g/mol. The average molecular weight is 342 g/mol. The SMILES string of the molecule is CC(=O)c1c(C)[nH]c(C(=O)O[C@@H](C)C(=O)Nc2cccc(C)c2)c1C. The number of aryl methyl sites for hydroxylation is 2. The van der Waals surface area contributed by atoms with Crippen LogP contribution >= 0.6 is 0 Å². The third-order valence-electron chi connectivity index (χ3n) is 3.93. The van der Waals surface area contributed by atoms with Crippen molar-refractivity contribution >= 4 is 23.3 Å². The molecule has 132 valence electrons. The van der Waals surface area contributed by atoms with Gasteiger partial charge in [0.15, 0.2) is 11.9 Å². The van der Waals surface area contributed by atoms with E-state index in [-0.39, 0.29) is 11.5 Å². The molecule has 6 heteroatoms. The van der Waals surface area contributed by atoms with E-state index in [1.165, 1.54) is 13.8 Å². The van der Waals surface area contributed by atoms with Crippen molar-refractivity contribution in [3.63, 3.8) is 0 Å². The number of benzene rings is 1. The summed E-state index contributed by atoms with van der Waals surface area (Å²) in [6, 6.07) is 7.33. The summed E-state index contributed by atoms with van der Waals surface area (Å²) in [5.74, 6) is -1.22. The fraction of sp³-hybridized carbons (Fsp3) is 0.316. The van der Waals surface area contributed by atoms with E-state index >= 15 is 0 Å². The predicted octanol–water partition coefficient (Wildman–Crippen LogP) is 3.33. The Morgan fingerprint density at radius 3 is 2.40 bits per heavy atom. The van der Waals surface area contributed by atoms with Crippen LogP contribution in [0.25, 0.3) is 0 Å². The Labute approximate surface area is 146 Å². The summed E-state index contributed by atoms with van der Waals surface area (Å²) in [5.41, 5.74) is 3.45. The van der Waals surface area contributed by atoms with Crippen molar-refractivity contribution in [2.75, 3.05) is 5.32 Å². The second kappa shape index (κ2) is 7.34.